The lowest BCUT2D eigenvalue weighted by Crippen LogP contribution is -2.24. The molecule has 0 atom stereocenters. The fourth-order valence-corrected chi connectivity index (χ4v) is 1.34. The van der Waals surface area contributed by atoms with E-state index in [1.807, 2.05) is 0 Å². The molecule has 0 fully saturated rings. The van der Waals surface area contributed by atoms with Crippen LogP contribution in [-0.4, -0.2) is 30.8 Å². The van der Waals surface area contributed by atoms with Crippen molar-refractivity contribution in [1.29, 1.82) is 0 Å². The van der Waals surface area contributed by atoms with Gasteiger partial charge < -0.3 is 10.0 Å². The molecule has 0 spiro atoms. The Kier molecular flexibility index (Phi) is 4.15. The highest BCUT2D eigenvalue weighted by Gasteiger charge is 2.27. The third-order valence-corrected chi connectivity index (χ3v) is 2.35. The van der Waals surface area contributed by atoms with Gasteiger partial charge in [0.15, 0.2) is 0 Å². The van der Waals surface area contributed by atoms with Crippen molar-refractivity contribution in [3.05, 3.63) is 29.6 Å². The van der Waals surface area contributed by atoms with Crippen LogP contribution in [-0.2, 0) is 0 Å². The van der Waals surface area contributed by atoms with Gasteiger partial charge in [0.05, 0.1) is 12.0 Å². The Bertz CT molecular complexity index is 445. The lowest BCUT2D eigenvalue weighted by Gasteiger charge is -2.20. The van der Waals surface area contributed by atoms with Gasteiger partial charge in [-0.1, -0.05) is 0 Å². The van der Waals surface area contributed by atoms with Gasteiger partial charge in [-0.25, -0.2) is 9.18 Å². The molecule has 0 saturated heterocycles. The fourth-order valence-electron chi connectivity index (χ4n) is 1.34. The molecule has 1 N–H and O–H groups in total. The van der Waals surface area contributed by atoms with E-state index in [9.17, 15) is 22.4 Å². The van der Waals surface area contributed by atoms with Crippen molar-refractivity contribution < 1.29 is 27.5 Å². The van der Waals surface area contributed by atoms with Crippen molar-refractivity contribution in [3.8, 4) is 0 Å². The van der Waals surface area contributed by atoms with E-state index in [0.717, 1.165) is 12.1 Å². The molecule has 1 rings (SSSR count). The SMILES string of the molecule is CN(CCC(F)(F)F)c1ccc(C(=O)O)c(F)c1. The Morgan fingerprint density at radius 2 is 2.00 bits per heavy atom. The Morgan fingerprint density at radius 1 is 1.39 bits per heavy atom. The second-order valence-corrected chi connectivity index (χ2v) is 3.76. The molecule has 0 bridgehead atoms. The van der Waals surface area contributed by atoms with Crippen molar-refractivity contribution >= 4 is 11.7 Å². The molecule has 1 aromatic carbocycles. The molecular weight excluding hydrogens is 254 g/mol. The van der Waals surface area contributed by atoms with Gasteiger partial charge in [0.25, 0.3) is 0 Å². The van der Waals surface area contributed by atoms with E-state index in [2.05, 4.69) is 0 Å². The number of carboxylic acids is 1. The number of carbonyl (C=O) groups is 1. The quantitative estimate of drug-likeness (QED) is 0.851. The molecule has 7 heteroatoms. The average molecular weight is 265 g/mol. The van der Waals surface area contributed by atoms with Crippen LogP contribution in [0, 0.1) is 5.82 Å². The van der Waals surface area contributed by atoms with E-state index in [-0.39, 0.29) is 12.2 Å². The normalized spacial score (nSPS) is 11.4. The maximum Gasteiger partial charge on any atom is 0.390 e. The number of halogens is 4. The Balaban J connectivity index is 2.78. The van der Waals surface area contributed by atoms with Crippen LogP contribution < -0.4 is 4.90 Å². The monoisotopic (exact) mass is 265 g/mol. The van der Waals surface area contributed by atoms with Crippen molar-refractivity contribution in [3.63, 3.8) is 0 Å². The molecule has 0 aliphatic rings. The molecule has 100 valence electrons. The lowest BCUT2D eigenvalue weighted by atomic mass is 10.2. The summed E-state index contributed by atoms with van der Waals surface area (Å²) in [6.45, 7) is -0.324. The molecule has 18 heavy (non-hydrogen) atoms. The minimum Gasteiger partial charge on any atom is -0.478 e. The molecule has 0 aliphatic heterocycles. The predicted octanol–water partition coefficient (Wildman–Crippen LogP) is 2.91. The summed E-state index contributed by atoms with van der Waals surface area (Å²) in [5.41, 5.74) is -0.315. The van der Waals surface area contributed by atoms with Gasteiger partial charge >= 0.3 is 12.1 Å². The van der Waals surface area contributed by atoms with Crippen LogP contribution in [0.2, 0.25) is 0 Å². The minimum absolute atomic E-state index is 0.196. The summed E-state index contributed by atoms with van der Waals surface area (Å²) in [7, 11) is 1.38. The van der Waals surface area contributed by atoms with Gasteiger partial charge in [-0.15, -0.1) is 0 Å². The van der Waals surface area contributed by atoms with Crippen LogP contribution in [0.3, 0.4) is 0 Å². The zero-order valence-corrected chi connectivity index (χ0v) is 9.46. The highest BCUT2D eigenvalue weighted by Crippen LogP contribution is 2.23. The van der Waals surface area contributed by atoms with E-state index in [0.29, 0.717) is 0 Å². The molecule has 0 aromatic heterocycles. The first-order valence-corrected chi connectivity index (χ1v) is 5.01. The van der Waals surface area contributed by atoms with Crippen molar-refractivity contribution in [1.82, 2.24) is 0 Å². The number of alkyl halides is 3. The minimum atomic E-state index is -4.28. The van der Waals surface area contributed by atoms with Crippen LogP contribution in [0.15, 0.2) is 18.2 Å². The molecule has 3 nitrogen and oxygen atoms in total. The molecular formula is C11H11F4NO2. The molecule has 0 aliphatic carbocycles. The van der Waals surface area contributed by atoms with E-state index in [1.54, 1.807) is 0 Å². The van der Waals surface area contributed by atoms with Crippen LogP contribution >= 0.6 is 0 Å². The second kappa shape index (κ2) is 5.24. The molecule has 0 unspecified atom stereocenters. The first-order valence-electron chi connectivity index (χ1n) is 5.01. The molecule has 0 radical (unpaired) electrons. The molecule has 0 heterocycles. The van der Waals surface area contributed by atoms with Crippen LogP contribution in [0.1, 0.15) is 16.8 Å². The molecule has 0 amide bonds. The van der Waals surface area contributed by atoms with E-state index in [4.69, 9.17) is 5.11 Å². The number of anilines is 1. The highest BCUT2D eigenvalue weighted by molar-refractivity contribution is 5.88. The summed E-state index contributed by atoms with van der Waals surface area (Å²) in [4.78, 5) is 11.8. The van der Waals surface area contributed by atoms with Crippen LogP contribution in [0.4, 0.5) is 23.2 Å². The summed E-state index contributed by atoms with van der Waals surface area (Å²) in [6, 6.07) is 3.19. The van der Waals surface area contributed by atoms with Crippen molar-refractivity contribution in [2.45, 2.75) is 12.6 Å². The Morgan fingerprint density at radius 3 is 2.44 bits per heavy atom. The van der Waals surface area contributed by atoms with E-state index >= 15 is 0 Å². The third kappa shape index (κ3) is 3.90. The number of aromatic carboxylic acids is 1. The lowest BCUT2D eigenvalue weighted by molar-refractivity contribution is -0.132. The average Bonchev–Trinajstić information content (AvgIpc) is 2.24. The van der Waals surface area contributed by atoms with Gasteiger partial charge in [-0.3, -0.25) is 0 Å². The van der Waals surface area contributed by atoms with Crippen LogP contribution in [0.5, 0.6) is 0 Å². The van der Waals surface area contributed by atoms with Gasteiger partial charge in [0.2, 0.25) is 0 Å². The van der Waals surface area contributed by atoms with E-state index in [1.165, 1.54) is 18.0 Å². The number of rotatable bonds is 4. The third-order valence-electron chi connectivity index (χ3n) is 2.35. The Hall–Kier alpha value is -1.79. The van der Waals surface area contributed by atoms with Crippen LogP contribution in [0.25, 0.3) is 0 Å². The number of benzene rings is 1. The zero-order chi connectivity index (χ0) is 13.9. The summed E-state index contributed by atoms with van der Waals surface area (Å²) in [5.74, 6) is -2.39. The number of hydrogen-bond donors (Lipinski definition) is 1. The zero-order valence-electron chi connectivity index (χ0n) is 9.46. The maximum atomic E-state index is 13.3. The Labute approximate surface area is 101 Å². The first-order chi connectivity index (χ1) is 8.20. The summed E-state index contributed by atoms with van der Waals surface area (Å²) in [6.07, 6.45) is -5.31. The maximum absolute atomic E-state index is 13.3. The standard InChI is InChI=1S/C11H11F4NO2/c1-16(5-4-11(13,14)15)7-2-3-8(10(17)18)9(12)6-7/h2-3,6H,4-5H2,1H3,(H,17,18). The highest BCUT2D eigenvalue weighted by atomic mass is 19.4. The van der Waals surface area contributed by atoms with Crippen molar-refractivity contribution in [2.75, 3.05) is 18.5 Å². The number of hydrogen-bond acceptors (Lipinski definition) is 2. The van der Waals surface area contributed by atoms with Gasteiger partial charge in [0.1, 0.15) is 5.82 Å². The molecule has 0 saturated carbocycles. The van der Waals surface area contributed by atoms with Gasteiger partial charge in [-0.2, -0.15) is 13.2 Å². The first kappa shape index (κ1) is 14.3. The van der Waals surface area contributed by atoms with Crippen molar-refractivity contribution in [2.24, 2.45) is 0 Å². The predicted molar refractivity (Wildman–Crippen MR) is 57.3 cm³/mol. The topological polar surface area (TPSA) is 40.5 Å². The summed E-state index contributed by atoms with van der Waals surface area (Å²) < 4.78 is 49.3. The van der Waals surface area contributed by atoms with Gasteiger partial charge in [-0.05, 0) is 18.2 Å². The summed E-state index contributed by atoms with van der Waals surface area (Å²) in [5, 5.41) is 8.60. The van der Waals surface area contributed by atoms with E-state index < -0.39 is 29.9 Å². The fraction of sp³-hybridized carbons (Fsp3) is 0.364. The number of carboxylic acid groups (broad SMARTS) is 1. The largest absolute Gasteiger partial charge is 0.478 e. The van der Waals surface area contributed by atoms with Gasteiger partial charge in [0, 0.05) is 19.3 Å². The second-order valence-electron chi connectivity index (χ2n) is 3.76. The number of nitrogens with zero attached hydrogens (tertiary/aromatic N) is 1. The molecule has 1 aromatic rings. The summed E-state index contributed by atoms with van der Waals surface area (Å²) >= 11 is 0. The smallest absolute Gasteiger partial charge is 0.390 e.